The Hall–Kier alpha value is -1.52. The third-order valence-corrected chi connectivity index (χ3v) is 7.23. The van der Waals surface area contributed by atoms with Gasteiger partial charge in [-0.05, 0) is 39.0 Å². The van der Waals surface area contributed by atoms with Crippen LogP contribution in [-0.2, 0) is 14.8 Å². The zero-order valence-electron chi connectivity index (χ0n) is 17.4. The molecule has 1 aromatic rings. The molecule has 1 amide bonds. The summed E-state index contributed by atoms with van der Waals surface area (Å²) in [4.78, 5) is 17.1. The SMILES string of the molecule is C[C@H]1CN(C(=O)c2cccc(S(=O)(=O)N3CCOCC3)c2)CCN1CC(C)(C)O. The van der Waals surface area contributed by atoms with E-state index in [0.29, 0.717) is 58.0 Å². The van der Waals surface area contributed by atoms with Crippen molar-refractivity contribution in [1.82, 2.24) is 14.1 Å². The lowest BCUT2D eigenvalue weighted by Gasteiger charge is -2.42. The molecule has 162 valence electrons. The van der Waals surface area contributed by atoms with Crippen LogP contribution in [0.5, 0.6) is 0 Å². The monoisotopic (exact) mass is 425 g/mol. The molecule has 2 aliphatic heterocycles. The normalized spacial score (nSPS) is 22.6. The van der Waals surface area contributed by atoms with Crippen LogP contribution >= 0.6 is 0 Å². The van der Waals surface area contributed by atoms with E-state index in [1.165, 1.54) is 16.4 Å². The Morgan fingerprint density at radius 1 is 1.21 bits per heavy atom. The lowest BCUT2D eigenvalue weighted by Crippen LogP contribution is -2.56. The second-order valence-corrected chi connectivity index (χ2v) is 10.4. The number of aliphatic hydroxyl groups is 1. The Bertz CT molecular complexity index is 831. The Balaban J connectivity index is 1.72. The van der Waals surface area contributed by atoms with Crippen molar-refractivity contribution >= 4 is 15.9 Å². The van der Waals surface area contributed by atoms with Crippen molar-refractivity contribution in [2.75, 3.05) is 52.5 Å². The van der Waals surface area contributed by atoms with E-state index in [9.17, 15) is 18.3 Å². The first-order chi connectivity index (χ1) is 13.6. The van der Waals surface area contributed by atoms with E-state index in [0.717, 1.165) is 0 Å². The number of hydrogen-bond acceptors (Lipinski definition) is 6. The van der Waals surface area contributed by atoms with Crippen molar-refractivity contribution in [1.29, 1.82) is 0 Å². The van der Waals surface area contributed by atoms with Crippen LogP contribution in [0.25, 0.3) is 0 Å². The number of hydrogen-bond donors (Lipinski definition) is 1. The average molecular weight is 426 g/mol. The molecule has 8 nitrogen and oxygen atoms in total. The Morgan fingerprint density at radius 3 is 2.52 bits per heavy atom. The van der Waals surface area contributed by atoms with Crippen LogP contribution in [0.3, 0.4) is 0 Å². The van der Waals surface area contributed by atoms with E-state index in [4.69, 9.17) is 4.74 Å². The number of amides is 1. The predicted octanol–water partition coefficient (Wildman–Crippen LogP) is 0.625. The maximum Gasteiger partial charge on any atom is 0.253 e. The number of piperazine rings is 1. The molecule has 29 heavy (non-hydrogen) atoms. The van der Waals surface area contributed by atoms with E-state index in [2.05, 4.69) is 4.90 Å². The van der Waals surface area contributed by atoms with Crippen molar-refractivity contribution in [3.63, 3.8) is 0 Å². The summed E-state index contributed by atoms with van der Waals surface area (Å²) in [6.45, 7) is 9.28. The lowest BCUT2D eigenvalue weighted by molar-refractivity contribution is -0.00144. The standard InChI is InChI=1S/C20H31N3O5S/c1-16-14-21(7-8-22(16)15-20(2,3)25)19(24)17-5-4-6-18(13-17)29(26,27)23-9-11-28-12-10-23/h4-6,13,16,25H,7-12,14-15H2,1-3H3/t16-/m0/s1. The summed E-state index contributed by atoms with van der Waals surface area (Å²) in [5.74, 6) is -0.168. The molecular weight excluding hydrogens is 394 g/mol. The highest BCUT2D eigenvalue weighted by Crippen LogP contribution is 2.21. The van der Waals surface area contributed by atoms with Gasteiger partial charge in [0.1, 0.15) is 0 Å². The number of carbonyl (C=O) groups is 1. The van der Waals surface area contributed by atoms with Gasteiger partial charge in [0.25, 0.3) is 5.91 Å². The molecule has 0 aliphatic carbocycles. The maximum absolute atomic E-state index is 13.0. The van der Waals surface area contributed by atoms with E-state index < -0.39 is 15.6 Å². The van der Waals surface area contributed by atoms with Crippen molar-refractivity contribution in [2.45, 2.75) is 37.3 Å². The highest BCUT2D eigenvalue weighted by molar-refractivity contribution is 7.89. The quantitative estimate of drug-likeness (QED) is 0.744. The maximum atomic E-state index is 13.0. The van der Waals surface area contributed by atoms with Crippen molar-refractivity contribution in [3.05, 3.63) is 29.8 Å². The number of β-amino-alcohol motifs (C(OH)–C–C–N with tert-alkyl or cyclic N) is 1. The summed E-state index contributed by atoms with van der Waals surface area (Å²) in [7, 11) is -3.64. The predicted molar refractivity (Wildman–Crippen MR) is 109 cm³/mol. The minimum absolute atomic E-state index is 0.111. The number of rotatable bonds is 5. The largest absolute Gasteiger partial charge is 0.389 e. The third-order valence-electron chi connectivity index (χ3n) is 5.33. The molecule has 1 N–H and O–H groups in total. The summed E-state index contributed by atoms with van der Waals surface area (Å²) in [6, 6.07) is 6.40. The molecule has 2 saturated heterocycles. The van der Waals surface area contributed by atoms with Crippen molar-refractivity contribution in [2.24, 2.45) is 0 Å². The number of benzene rings is 1. The minimum atomic E-state index is -3.64. The van der Waals surface area contributed by atoms with Crippen molar-refractivity contribution in [3.8, 4) is 0 Å². The summed E-state index contributed by atoms with van der Waals surface area (Å²) >= 11 is 0. The van der Waals surface area contributed by atoms with Gasteiger partial charge in [0.15, 0.2) is 0 Å². The molecule has 2 heterocycles. The molecule has 0 radical (unpaired) electrons. The first kappa shape index (κ1) is 22.2. The van der Waals surface area contributed by atoms with Crippen molar-refractivity contribution < 1.29 is 23.1 Å². The second kappa shape index (κ2) is 8.69. The molecule has 2 aliphatic rings. The molecule has 1 aromatic carbocycles. The highest BCUT2D eigenvalue weighted by Gasteiger charge is 2.31. The molecule has 3 rings (SSSR count). The topological polar surface area (TPSA) is 90.4 Å². The number of carbonyl (C=O) groups excluding carboxylic acids is 1. The fraction of sp³-hybridized carbons (Fsp3) is 0.650. The van der Waals surface area contributed by atoms with Crippen LogP contribution < -0.4 is 0 Å². The van der Waals surface area contributed by atoms with Crippen LogP contribution in [0.2, 0.25) is 0 Å². The molecule has 0 bridgehead atoms. The Morgan fingerprint density at radius 2 is 1.90 bits per heavy atom. The van der Waals surface area contributed by atoms with Gasteiger partial charge in [0, 0.05) is 50.9 Å². The van der Waals surface area contributed by atoms with Crippen LogP contribution in [0, 0.1) is 0 Å². The Labute approximate surface area is 173 Å². The van der Waals surface area contributed by atoms with Crippen LogP contribution in [0.4, 0.5) is 0 Å². The van der Waals surface area contributed by atoms with Gasteiger partial charge in [-0.25, -0.2) is 8.42 Å². The number of morpholine rings is 1. The molecule has 0 spiro atoms. The molecule has 0 unspecified atom stereocenters. The van der Waals surface area contributed by atoms with Gasteiger partial charge in [-0.15, -0.1) is 0 Å². The minimum Gasteiger partial charge on any atom is -0.389 e. The van der Waals surface area contributed by atoms with Gasteiger partial charge in [-0.3, -0.25) is 9.69 Å². The van der Waals surface area contributed by atoms with E-state index in [1.54, 1.807) is 30.9 Å². The molecule has 0 aromatic heterocycles. The summed E-state index contributed by atoms with van der Waals surface area (Å²) in [6.07, 6.45) is 0. The second-order valence-electron chi connectivity index (χ2n) is 8.43. The summed E-state index contributed by atoms with van der Waals surface area (Å²) in [5.41, 5.74) is -0.412. The van der Waals surface area contributed by atoms with Gasteiger partial charge < -0.3 is 14.7 Å². The molecule has 1 atom stereocenters. The third kappa shape index (κ3) is 5.35. The summed E-state index contributed by atoms with van der Waals surface area (Å²) < 4.78 is 32.4. The smallest absolute Gasteiger partial charge is 0.253 e. The molecule has 0 saturated carbocycles. The number of sulfonamides is 1. The van der Waals surface area contributed by atoms with Gasteiger partial charge in [0.05, 0.1) is 23.7 Å². The molecule has 9 heteroatoms. The molecule has 2 fully saturated rings. The zero-order chi connectivity index (χ0) is 21.2. The first-order valence-corrected chi connectivity index (χ1v) is 11.5. The number of ether oxygens (including phenoxy) is 1. The van der Waals surface area contributed by atoms with Gasteiger partial charge >= 0.3 is 0 Å². The average Bonchev–Trinajstić information content (AvgIpc) is 2.69. The highest BCUT2D eigenvalue weighted by atomic mass is 32.2. The van der Waals surface area contributed by atoms with Gasteiger partial charge in [-0.2, -0.15) is 4.31 Å². The fourth-order valence-electron chi connectivity index (χ4n) is 3.82. The number of nitrogens with zero attached hydrogens (tertiary/aromatic N) is 3. The first-order valence-electron chi connectivity index (χ1n) is 10.0. The van der Waals surface area contributed by atoms with Crippen LogP contribution in [0.1, 0.15) is 31.1 Å². The van der Waals surface area contributed by atoms with Crippen LogP contribution in [0.15, 0.2) is 29.2 Å². The van der Waals surface area contributed by atoms with Gasteiger partial charge in [0.2, 0.25) is 10.0 Å². The van der Waals surface area contributed by atoms with E-state index in [-0.39, 0.29) is 16.8 Å². The molecular formula is C20H31N3O5S. The fourth-order valence-corrected chi connectivity index (χ4v) is 5.27. The zero-order valence-corrected chi connectivity index (χ0v) is 18.2. The lowest BCUT2D eigenvalue weighted by atomic mass is 10.1. The van der Waals surface area contributed by atoms with Crippen LogP contribution in [-0.4, -0.2) is 97.7 Å². The Kier molecular flexibility index (Phi) is 6.64. The van der Waals surface area contributed by atoms with E-state index in [1.807, 2.05) is 6.92 Å². The van der Waals surface area contributed by atoms with Gasteiger partial charge in [-0.1, -0.05) is 6.07 Å². The summed E-state index contributed by atoms with van der Waals surface area (Å²) in [5, 5.41) is 10.1. The van der Waals surface area contributed by atoms with E-state index >= 15 is 0 Å².